The predicted molar refractivity (Wildman–Crippen MR) is 97.5 cm³/mol. The first-order chi connectivity index (χ1) is 11.9. The molecule has 1 aromatic carbocycles. The molecule has 0 radical (unpaired) electrons. The highest BCUT2D eigenvalue weighted by Crippen LogP contribution is 2.40. The van der Waals surface area contributed by atoms with Crippen LogP contribution >= 0.6 is 11.8 Å². The Morgan fingerprint density at radius 2 is 2.00 bits per heavy atom. The molecule has 1 amide bonds. The number of carbonyl (C=O) groups excluding carboxylic acids is 1. The zero-order valence-corrected chi connectivity index (χ0v) is 15.6. The van der Waals surface area contributed by atoms with E-state index in [1.54, 1.807) is 7.11 Å². The lowest BCUT2D eigenvalue weighted by Crippen LogP contribution is -2.37. The molecule has 2 aliphatic heterocycles. The second-order valence-corrected chi connectivity index (χ2v) is 10.1. The summed E-state index contributed by atoms with van der Waals surface area (Å²) in [7, 11) is -1.40. The molecule has 2 atom stereocenters. The lowest BCUT2D eigenvalue weighted by molar-refractivity contribution is -0.118. The molecule has 25 heavy (non-hydrogen) atoms. The van der Waals surface area contributed by atoms with Crippen LogP contribution in [0, 0.1) is 5.92 Å². The van der Waals surface area contributed by atoms with Crippen LogP contribution in [0.4, 0.5) is 0 Å². The third kappa shape index (κ3) is 3.55. The highest BCUT2D eigenvalue weighted by atomic mass is 32.2. The number of hydrogen-bond donors (Lipinski definition) is 0. The molecule has 2 heterocycles. The number of sulfone groups is 1. The van der Waals surface area contributed by atoms with Crippen molar-refractivity contribution in [1.82, 2.24) is 4.90 Å². The maximum absolute atomic E-state index is 12.1. The van der Waals surface area contributed by atoms with E-state index in [0.717, 1.165) is 24.2 Å². The number of nitrogens with zero attached hydrogens (tertiary/aromatic N) is 2. The molecule has 8 heteroatoms. The molecule has 4 rings (SSSR count). The first-order valence-corrected chi connectivity index (χ1v) is 11.0. The fourth-order valence-corrected chi connectivity index (χ4v) is 7.22. The Hall–Kier alpha value is -1.54. The van der Waals surface area contributed by atoms with Gasteiger partial charge in [0.05, 0.1) is 24.7 Å². The Bertz CT molecular complexity index is 816. The van der Waals surface area contributed by atoms with E-state index >= 15 is 0 Å². The quantitative estimate of drug-likeness (QED) is 0.791. The first kappa shape index (κ1) is 16.9. The summed E-state index contributed by atoms with van der Waals surface area (Å²) >= 11 is 1.44. The van der Waals surface area contributed by atoms with Gasteiger partial charge in [0.1, 0.15) is 5.75 Å². The Labute approximate surface area is 151 Å². The van der Waals surface area contributed by atoms with Crippen molar-refractivity contribution in [2.75, 3.05) is 18.6 Å². The van der Waals surface area contributed by atoms with Crippen molar-refractivity contribution in [2.24, 2.45) is 10.9 Å². The van der Waals surface area contributed by atoms with Crippen molar-refractivity contribution in [3.05, 3.63) is 29.8 Å². The summed E-state index contributed by atoms with van der Waals surface area (Å²) in [5, 5.41) is 0.645. The highest BCUT2D eigenvalue weighted by molar-refractivity contribution is 8.15. The Balaban J connectivity index is 1.59. The number of rotatable bonds is 4. The van der Waals surface area contributed by atoms with E-state index < -0.39 is 9.84 Å². The van der Waals surface area contributed by atoms with Crippen LogP contribution < -0.4 is 4.74 Å². The van der Waals surface area contributed by atoms with Crippen LogP contribution in [0.2, 0.25) is 0 Å². The predicted octanol–water partition coefficient (Wildman–Crippen LogP) is 1.70. The van der Waals surface area contributed by atoms with Gasteiger partial charge in [-0.1, -0.05) is 23.9 Å². The van der Waals surface area contributed by atoms with Gasteiger partial charge in [-0.25, -0.2) is 8.42 Å². The summed E-state index contributed by atoms with van der Waals surface area (Å²) in [6, 6.07) is 7.57. The van der Waals surface area contributed by atoms with E-state index in [0.29, 0.717) is 11.7 Å². The van der Waals surface area contributed by atoms with Gasteiger partial charge in [-0.05, 0) is 30.5 Å². The van der Waals surface area contributed by atoms with Gasteiger partial charge in [-0.2, -0.15) is 4.99 Å². The summed E-state index contributed by atoms with van der Waals surface area (Å²) in [5.74, 6) is 1.08. The second-order valence-electron chi connectivity index (χ2n) is 6.78. The molecule has 1 aliphatic carbocycles. The molecule has 134 valence electrons. The van der Waals surface area contributed by atoms with Crippen LogP contribution in [0.5, 0.6) is 5.75 Å². The Morgan fingerprint density at radius 3 is 2.64 bits per heavy atom. The number of carbonyl (C=O) groups is 1. The van der Waals surface area contributed by atoms with Gasteiger partial charge < -0.3 is 9.64 Å². The maximum Gasteiger partial charge on any atom is 0.251 e. The van der Waals surface area contributed by atoms with E-state index in [2.05, 4.69) is 4.99 Å². The number of methoxy groups -OCH3 is 1. The average molecular weight is 380 g/mol. The monoisotopic (exact) mass is 380 g/mol. The maximum atomic E-state index is 12.1. The van der Waals surface area contributed by atoms with E-state index in [1.807, 2.05) is 29.2 Å². The molecule has 0 aromatic heterocycles. The molecule has 1 saturated carbocycles. The number of benzene rings is 1. The number of amidine groups is 1. The van der Waals surface area contributed by atoms with Crippen molar-refractivity contribution in [3.63, 3.8) is 0 Å². The summed E-state index contributed by atoms with van der Waals surface area (Å²) in [6.45, 7) is 0.546. The van der Waals surface area contributed by atoms with Crippen LogP contribution in [0.15, 0.2) is 29.3 Å². The molecule has 3 fully saturated rings. The van der Waals surface area contributed by atoms with E-state index in [9.17, 15) is 13.2 Å². The lowest BCUT2D eigenvalue weighted by Gasteiger charge is -2.24. The normalized spacial score (nSPS) is 29.0. The van der Waals surface area contributed by atoms with Crippen molar-refractivity contribution in [2.45, 2.75) is 30.7 Å². The van der Waals surface area contributed by atoms with E-state index in [4.69, 9.17) is 4.74 Å². The van der Waals surface area contributed by atoms with Crippen LogP contribution in [0.25, 0.3) is 0 Å². The molecule has 6 nitrogen and oxygen atoms in total. The van der Waals surface area contributed by atoms with E-state index in [-0.39, 0.29) is 34.6 Å². The first-order valence-electron chi connectivity index (χ1n) is 8.34. The SMILES string of the molecule is COc1ccc(CN2C(=NC(=O)C3CC3)S[C@@H]3CS(=O)(=O)C[C@@H]32)cc1. The fraction of sp³-hybridized carbons (Fsp3) is 0.529. The largest absolute Gasteiger partial charge is 0.497 e. The average Bonchev–Trinajstić information content (AvgIpc) is 3.32. The fourth-order valence-electron chi connectivity index (χ4n) is 3.26. The molecular weight excluding hydrogens is 360 g/mol. The van der Waals surface area contributed by atoms with E-state index in [1.165, 1.54) is 11.8 Å². The molecule has 3 aliphatic rings. The van der Waals surface area contributed by atoms with Gasteiger partial charge >= 0.3 is 0 Å². The number of thioether (sulfide) groups is 1. The summed E-state index contributed by atoms with van der Waals surface area (Å²) < 4.78 is 29.2. The summed E-state index contributed by atoms with van der Waals surface area (Å²) in [6.07, 6.45) is 1.83. The molecular formula is C17H20N2O4S2. The minimum Gasteiger partial charge on any atom is -0.497 e. The molecule has 2 saturated heterocycles. The molecule has 1 aromatic rings. The van der Waals surface area contributed by atoms with Gasteiger partial charge in [0, 0.05) is 17.7 Å². The molecule has 0 bridgehead atoms. The van der Waals surface area contributed by atoms with Crippen molar-refractivity contribution in [1.29, 1.82) is 0 Å². The third-order valence-electron chi connectivity index (χ3n) is 4.82. The highest BCUT2D eigenvalue weighted by Gasteiger charge is 2.49. The number of fused-ring (bicyclic) bond motifs is 1. The van der Waals surface area contributed by atoms with Crippen LogP contribution in [-0.2, 0) is 21.2 Å². The smallest absolute Gasteiger partial charge is 0.251 e. The number of amides is 1. The Kier molecular flexibility index (Phi) is 4.27. The van der Waals surface area contributed by atoms with Gasteiger partial charge in [-0.3, -0.25) is 4.79 Å². The lowest BCUT2D eigenvalue weighted by atomic mass is 10.1. The van der Waals surface area contributed by atoms with Crippen LogP contribution in [0.3, 0.4) is 0 Å². The minimum absolute atomic E-state index is 0.0333. The van der Waals surface area contributed by atoms with Crippen molar-refractivity contribution < 1.29 is 17.9 Å². The minimum atomic E-state index is -3.02. The second kappa shape index (κ2) is 6.32. The molecule has 0 spiro atoms. The van der Waals surface area contributed by atoms with Gasteiger partial charge in [0.2, 0.25) is 0 Å². The zero-order chi connectivity index (χ0) is 17.6. The standard InChI is InChI=1S/C17H20N2O4S2/c1-23-13-6-2-11(3-7-13)8-19-14-9-25(21,22)10-15(14)24-17(19)18-16(20)12-4-5-12/h2-3,6-7,12,14-15H,4-5,8-10H2,1H3/t14-,15+/m0/s1. The molecule has 0 N–H and O–H groups in total. The molecule has 0 unspecified atom stereocenters. The van der Waals surface area contributed by atoms with Crippen LogP contribution in [-0.4, -0.2) is 54.3 Å². The number of hydrogen-bond acceptors (Lipinski definition) is 5. The zero-order valence-electron chi connectivity index (χ0n) is 13.9. The van der Waals surface area contributed by atoms with Gasteiger partial charge in [-0.15, -0.1) is 0 Å². The number of ether oxygens (including phenoxy) is 1. The topological polar surface area (TPSA) is 76.0 Å². The summed E-state index contributed by atoms with van der Waals surface area (Å²) in [4.78, 5) is 18.5. The Morgan fingerprint density at radius 1 is 1.28 bits per heavy atom. The van der Waals surface area contributed by atoms with Crippen molar-refractivity contribution in [3.8, 4) is 5.75 Å². The van der Waals surface area contributed by atoms with Gasteiger partial charge in [0.15, 0.2) is 15.0 Å². The van der Waals surface area contributed by atoms with Gasteiger partial charge in [0.25, 0.3) is 5.91 Å². The van der Waals surface area contributed by atoms with Crippen molar-refractivity contribution >= 4 is 32.7 Å². The van der Waals surface area contributed by atoms with Crippen LogP contribution in [0.1, 0.15) is 18.4 Å². The third-order valence-corrected chi connectivity index (χ3v) is 8.07. The number of aliphatic imine (C=N–C) groups is 1. The summed E-state index contributed by atoms with van der Waals surface area (Å²) in [5.41, 5.74) is 1.04.